The lowest BCUT2D eigenvalue weighted by Gasteiger charge is -1.82. The maximum absolute atomic E-state index is 9.44. The molecule has 15 heavy (non-hydrogen) atoms. The van der Waals surface area contributed by atoms with E-state index < -0.39 is 0 Å². The van der Waals surface area contributed by atoms with Crippen molar-refractivity contribution in [1.29, 1.82) is 0 Å². The Labute approximate surface area is 93.0 Å². The summed E-state index contributed by atoms with van der Waals surface area (Å²) in [5.41, 5.74) is 1.32. The third-order valence-corrected chi connectivity index (χ3v) is 1.16. The predicted octanol–water partition coefficient (Wildman–Crippen LogP) is 2.98. The minimum Gasteiger partial charge on any atom is -0.396 e. The molecule has 0 aliphatic heterocycles. The van der Waals surface area contributed by atoms with Crippen molar-refractivity contribution in [3.05, 3.63) is 35.9 Å². The Hall–Kier alpha value is -1.15. The van der Waals surface area contributed by atoms with Crippen molar-refractivity contribution < 1.29 is 9.90 Å². The highest BCUT2D eigenvalue weighted by Gasteiger charge is 1.72. The largest absolute Gasteiger partial charge is 0.396 e. The monoisotopic (exact) mass is 210 g/mol. The number of carbonyl (C=O) groups is 1. The van der Waals surface area contributed by atoms with Crippen LogP contribution in [0.5, 0.6) is 0 Å². The molecule has 1 N–H and O–H groups in total. The first kappa shape index (κ1) is 16.3. The average Bonchev–Trinajstić information content (AvgIpc) is 2.18. The van der Waals surface area contributed by atoms with Gasteiger partial charge in [-0.3, -0.25) is 0 Å². The van der Waals surface area contributed by atoms with Crippen LogP contribution in [0.25, 0.3) is 0 Å². The molecule has 1 rings (SSSR count). The number of rotatable bonds is 1. The van der Waals surface area contributed by atoms with Crippen molar-refractivity contribution in [1.82, 2.24) is 0 Å². The van der Waals surface area contributed by atoms with Gasteiger partial charge in [-0.15, -0.1) is 0 Å². The third-order valence-electron chi connectivity index (χ3n) is 1.16. The molecule has 1 aromatic carbocycles. The summed E-state index contributed by atoms with van der Waals surface area (Å²) in [5, 5.41) is 7.88. The van der Waals surface area contributed by atoms with E-state index in [1.807, 2.05) is 25.1 Å². The van der Waals surface area contributed by atoms with E-state index >= 15 is 0 Å². The number of aliphatic hydroxyl groups is 1. The highest BCUT2D eigenvalue weighted by molar-refractivity contribution is 5.72. The van der Waals surface area contributed by atoms with Crippen LogP contribution in [0.4, 0.5) is 0 Å². The summed E-state index contributed by atoms with van der Waals surface area (Å²) < 4.78 is 0. The van der Waals surface area contributed by atoms with Gasteiger partial charge in [-0.25, -0.2) is 0 Å². The predicted molar refractivity (Wildman–Crippen MR) is 64.9 cm³/mol. The molecule has 2 heteroatoms. The highest BCUT2D eigenvalue weighted by Crippen LogP contribution is 1.92. The van der Waals surface area contributed by atoms with E-state index in [2.05, 4.69) is 19.1 Å². The van der Waals surface area contributed by atoms with Crippen molar-refractivity contribution in [2.45, 2.75) is 34.1 Å². The minimum atomic E-state index is 0.167. The first-order valence-corrected chi connectivity index (χ1v) is 5.14. The molecule has 0 aromatic heterocycles. The van der Waals surface area contributed by atoms with Crippen LogP contribution in [-0.4, -0.2) is 17.5 Å². The second kappa shape index (κ2) is 12.8. The first-order chi connectivity index (χ1) is 7.04. The molecular weight excluding hydrogens is 188 g/mol. The summed E-state index contributed by atoms with van der Waals surface area (Å²) in [6.45, 7) is 7.39. The molecule has 86 valence electrons. The number of Topliss-reactive ketones (excluding diaryl/α,β-unsaturated/α-hetero) is 1. The Morgan fingerprint density at radius 1 is 1.20 bits per heavy atom. The normalized spacial score (nSPS) is 7.80. The van der Waals surface area contributed by atoms with Gasteiger partial charge in [-0.05, 0) is 27.2 Å². The molecule has 2 nitrogen and oxygen atoms in total. The molecule has 0 radical (unpaired) electrons. The van der Waals surface area contributed by atoms with Gasteiger partial charge in [0.05, 0.1) is 0 Å². The number of carbonyl (C=O) groups excluding carboxylic acids is 1. The minimum absolute atomic E-state index is 0.167. The smallest absolute Gasteiger partial charge is 0.126 e. The van der Waals surface area contributed by atoms with E-state index in [1.54, 1.807) is 0 Å². The van der Waals surface area contributed by atoms with Crippen LogP contribution in [0.3, 0.4) is 0 Å². The quantitative estimate of drug-likeness (QED) is 0.773. The molecule has 0 bridgehead atoms. The van der Waals surface area contributed by atoms with E-state index in [9.17, 15) is 4.79 Å². The van der Waals surface area contributed by atoms with Crippen LogP contribution < -0.4 is 0 Å². The molecule has 0 spiro atoms. The topological polar surface area (TPSA) is 37.3 Å². The molecule has 0 amide bonds. The molecule has 0 aliphatic carbocycles. The Kier molecular flexibility index (Phi) is 14.0. The van der Waals surface area contributed by atoms with Gasteiger partial charge in [-0.2, -0.15) is 0 Å². The number of hydrogen-bond donors (Lipinski definition) is 1. The molecule has 0 saturated heterocycles. The zero-order valence-corrected chi connectivity index (χ0v) is 10.2. The number of aryl methyl sites for hydroxylation is 1. The lowest BCUT2D eigenvalue weighted by Crippen LogP contribution is -1.69. The van der Waals surface area contributed by atoms with Crippen LogP contribution in [0.1, 0.15) is 32.8 Å². The third kappa shape index (κ3) is 24.5. The van der Waals surface area contributed by atoms with Gasteiger partial charge in [0.1, 0.15) is 5.78 Å². The number of aliphatic hydroxyl groups excluding tert-OH is 1. The van der Waals surface area contributed by atoms with Crippen LogP contribution in [0.15, 0.2) is 30.3 Å². The van der Waals surface area contributed by atoms with Crippen LogP contribution in [0, 0.1) is 6.92 Å². The Morgan fingerprint density at radius 2 is 1.53 bits per heavy atom. The van der Waals surface area contributed by atoms with E-state index in [-0.39, 0.29) is 5.78 Å². The first-order valence-electron chi connectivity index (χ1n) is 5.14. The SMILES string of the molecule is CC(C)=O.CCCO.Cc1ccccc1. The number of hydrogen-bond acceptors (Lipinski definition) is 2. The highest BCUT2D eigenvalue weighted by atomic mass is 16.2. The molecule has 0 fully saturated rings. The summed E-state index contributed by atoms with van der Waals surface area (Å²) in [4.78, 5) is 9.44. The van der Waals surface area contributed by atoms with Gasteiger partial charge in [0.25, 0.3) is 0 Å². The Balaban J connectivity index is 0. The average molecular weight is 210 g/mol. The van der Waals surface area contributed by atoms with E-state index in [0.717, 1.165) is 6.42 Å². The number of ketones is 1. The summed E-state index contributed by atoms with van der Waals surface area (Å²) in [6.07, 6.45) is 0.875. The molecular formula is C13H22O2. The number of benzene rings is 1. The van der Waals surface area contributed by atoms with E-state index in [1.165, 1.54) is 19.4 Å². The van der Waals surface area contributed by atoms with Gasteiger partial charge in [0.15, 0.2) is 0 Å². The van der Waals surface area contributed by atoms with Gasteiger partial charge in [-0.1, -0.05) is 42.8 Å². The standard InChI is InChI=1S/C7H8.C3H6O.C3H8O/c1-7-5-3-2-4-6-7;1-3(2)4;1-2-3-4/h2-6H,1H3;1-2H3;4H,2-3H2,1H3. The zero-order chi connectivity index (χ0) is 12.1. The summed E-state index contributed by atoms with van der Waals surface area (Å²) >= 11 is 0. The maximum atomic E-state index is 9.44. The fraction of sp³-hybridized carbons (Fsp3) is 0.462. The van der Waals surface area contributed by atoms with Crippen molar-refractivity contribution in [2.75, 3.05) is 6.61 Å². The van der Waals surface area contributed by atoms with Gasteiger partial charge < -0.3 is 9.90 Å². The second-order valence-electron chi connectivity index (χ2n) is 3.29. The van der Waals surface area contributed by atoms with E-state index in [0.29, 0.717) is 6.61 Å². The van der Waals surface area contributed by atoms with Crippen molar-refractivity contribution >= 4 is 5.78 Å². The van der Waals surface area contributed by atoms with E-state index in [4.69, 9.17) is 5.11 Å². The molecule has 0 atom stereocenters. The van der Waals surface area contributed by atoms with Crippen molar-refractivity contribution in [3.63, 3.8) is 0 Å². The lowest BCUT2D eigenvalue weighted by molar-refractivity contribution is -0.114. The van der Waals surface area contributed by atoms with Crippen LogP contribution in [-0.2, 0) is 4.79 Å². The second-order valence-corrected chi connectivity index (χ2v) is 3.29. The lowest BCUT2D eigenvalue weighted by atomic mass is 10.2. The molecule has 0 saturated carbocycles. The Morgan fingerprint density at radius 3 is 1.67 bits per heavy atom. The van der Waals surface area contributed by atoms with Crippen LogP contribution in [0.2, 0.25) is 0 Å². The summed E-state index contributed by atoms with van der Waals surface area (Å²) in [5.74, 6) is 0.167. The fourth-order valence-corrected chi connectivity index (χ4v) is 0.534. The maximum Gasteiger partial charge on any atom is 0.126 e. The van der Waals surface area contributed by atoms with Crippen molar-refractivity contribution in [3.8, 4) is 0 Å². The summed E-state index contributed by atoms with van der Waals surface area (Å²) in [6, 6.07) is 10.3. The fourth-order valence-electron chi connectivity index (χ4n) is 0.534. The molecule has 0 aliphatic rings. The zero-order valence-electron chi connectivity index (χ0n) is 10.2. The Bertz CT molecular complexity index is 224. The molecule has 0 heterocycles. The van der Waals surface area contributed by atoms with Gasteiger partial charge in [0, 0.05) is 6.61 Å². The van der Waals surface area contributed by atoms with Gasteiger partial charge >= 0.3 is 0 Å². The van der Waals surface area contributed by atoms with Crippen LogP contribution >= 0.6 is 0 Å². The summed E-state index contributed by atoms with van der Waals surface area (Å²) in [7, 11) is 0. The molecule has 1 aromatic rings. The van der Waals surface area contributed by atoms with Crippen molar-refractivity contribution in [2.24, 2.45) is 0 Å². The van der Waals surface area contributed by atoms with Gasteiger partial charge in [0.2, 0.25) is 0 Å². The molecule has 0 unspecified atom stereocenters.